The minimum absolute atomic E-state index is 0.218. The van der Waals surface area contributed by atoms with Crippen LogP contribution in [0.2, 0.25) is 0 Å². The highest BCUT2D eigenvalue weighted by atomic mass is 16.5. The molecule has 0 spiro atoms. The molecule has 0 saturated carbocycles. The number of carbonyl (C=O) groups is 1. The zero-order valence-corrected chi connectivity index (χ0v) is 14.9. The van der Waals surface area contributed by atoms with Crippen molar-refractivity contribution in [3.63, 3.8) is 0 Å². The Morgan fingerprint density at radius 3 is 2.70 bits per heavy atom. The highest BCUT2D eigenvalue weighted by molar-refractivity contribution is 5.92. The van der Waals surface area contributed by atoms with Crippen molar-refractivity contribution in [2.75, 3.05) is 20.3 Å². The number of nitrogens with one attached hydrogen (secondary N) is 1. The smallest absolute Gasteiger partial charge is 0.271 e. The summed E-state index contributed by atoms with van der Waals surface area (Å²) in [5.41, 5.74) is 3.58. The number of amides is 1. The molecule has 0 bridgehead atoms. The third-order valence-corrected chi connectivity index (χ3v) is 4.29. The highest BCUT2D eigenvalue weighted by Gasteiger charge is 2.12. The number of aromatic nitrogens is 4. The van der Waals surface area contributed by atoms with Crippen LogP contribution in [0.1, 0.15) is 10.5 Å². The molecular formula is C20H19N5O2. The van der Waals surface area contributed by atoms with Crippen LogP contribution >= 0.6 is 0 Å². The second-order valence-corrected chi connectivity index (χ2v) is 6.03. The molecule has 0 aliphatic rings. The van der Waals surface area contributed by atoms with Crippen molar-refractivity contribution in [1.29, 1.82) is 0 Å². The summed E-state index contributed by atoms with van der Waals surface area (Å²) in [5, 5.41) is 7.19. The molecule has 4 heterocycles. The van der Waals surface area contributed by atoms with Gasteiger partial charge in [-0.05, 0) is 47.5 Å². The number of hydrogen-bond acceptors (Lipinski definition) is 4. The molecule has 1 N–H and O–H groups in total. The zero-order chi connectivity index (χ0) is 18.6. The van der Waals surface area contributed by atoms with Crippen LogP contribution < -0.4 is 5.32 Å². The summed E-state index contributed by atoms with van der Waals surface area (Å²) >= 11 is 0. The molecule has 0 aliphatic carbocycles. The minimum atomic E-state index is -0.218. The van der Waals surface area contributed by atoms with Crippen molar-refractivity contribution in [1.82, 2.24) is 24.5 Å². The molecule has 4 aromatic heterocycles. The molecule has 27 heavy (non-hydrogen) atoms. The summed E-state index contributed by atoms with van der Waals surface area (Å²) in [7, 11) is 1.60. The van der Waals surface area contributed by atoms with Crippen LogP contribution in [0.3, 0.4) is 0 Å². The molecule has 0 fully saturated rings. The number of fused-ring (bicyclic) bond motifs is 1. The number of carbonyl (C=O) groups excluding carboxylic acids is 1. The van der Waals surface area contributed by atoms with Gasteiger partial charge in [0.25, 0.3) is 5.91 Å². The van der Waals surface area contributed by atoms with Crippen molar-refractivity contribution in [2.45, 2.75) is 0 Å². The summed E-state index contributed by atoms with van der Waals surface area (Å²) in [6.07, 6.45) is 7.39. The lowest BCUT2D eigenvalue weighted by atomic mass is 10.1. The third kappa shape index (κ3) is 3.45. The van der Waals surface area contributed by atoms with Crippen molar-refractivity contribution < 1.29 is 9.53 Å². The summed E-state index contributed by atoms with van der Waals surface area (Å²) in [6, 6.07) is 13.8. The van der Waals surface area contributed by atoms with Gasteiger partial charge in [-0.1, -0.05) is 6.07 Å². The lowest BCUT2D eigenvalue weighted by Crippen LogP contribution is -2.27. The van der Waals surface area contributed by atoms with Gasteiger partial charge in [0.15, 0.2) is 5.69 Å². The lowest BCUT2D eigenvalue weighted by Gasteiger charge is -2.07. The van der Waals surface area contributed by atoms with Crippen LogP contribution in [0, 0.1) is 0 Å². The molecule has 0 atom stereocenters. The number of methoxy groups -OCH3 is 1. The molecular weight excluding hydrogens is 342 g/mol. The molecule has 1 amide bonds. The average Bonchev–Trinajstić information content (AvgIpc) is 3.35. The molecule has 0 unspecified atom stereocenters. The first-order chi connectivity index (χ1) is 13.3. The first-order valence-electron chi connectivity index (χ1n) is 8.61. The Morgan fingerprint density at radius 2 is 1.89 bits per heavy atom. The number of nitrogens with zero attached hydrogens (tertiary/aromatic N) is 4. The Morgan fingerprint density at radius 1 is 1.07 bits per heavy atom. The van der Waals surface area contributed by atoms with E-state index in [0.717, 1.165) is 22.5 Å². The van der Waals surface area contributed by atoms with Gasteiger partial charge in [-0.3, -0.25) is 9.78 Å². The van der Waals surface area contributed by atoms with E-state index in [1.54, 1.807) is 36.4 Å². The van der Waals surface area contributed by atoms with Crippen molar-refractivity contribution >= 4 is 11.4 Å². The maximum absolute atomic E-state index is 12.1. The minimum Gasteiger partial charge on any atom is -0.383 e. The molecule has 7 nitrogen and oxygen atoms in total. The van der Waals surface area contributed by atoms with Crippen LogP contribution in [0.25, 0.3) is 22.5 Å². The quantitative estimate of drug-likeness (QED) is 0.536. The maximum Gasteiger partial charge on any atom is 0.271 e. The van der Waals surface area contributed by atoms with E-state index in [-0.39, 0.29) is 5.91 Å². The second-order valence-electron chi connectivity index (χ2n) is 6.03. The lowest BCUT2D eigenvalue weighted by molar-refractivity contribution is 0.0931. The zero-order valence-electron chi connectivity index (χ0n) is 14.9. The van der Waals surface area contributed by atoms with Gasteiger partial charge in [0, 0.05) is 44.0 Å². The van der Waals surface area contributed by atoms with Gasteiger partial charge in [0.2, 0.25) is 0 Å². The van der Waals surface area contributed by atoms with E-state index < -0.39 is 0 Å². The van der Waals surface area contributed by atoms with E-state index in [0.29, 0.717) is 18.8 Å². The largest absolute Gasteiger partial charge is 0.383 e. The van der Waals surface area contributed by atoms with E-state index in [1.165, 1.54) is 0 Å². The van der Waals surface area contributed by atoms with E-state index >= 15 is 0 Å². The van der Waals surface area contributed by atoms with Crippen LogP contribution in [0.4, 0.5) is 0 Å². The maximum atomic E-state index is 12.1. The fourth-order valence-corrected chi connectivity index (χ4v) is 2.92. The van der Waals surface area contributed by atoms with Gasteiger partial charge >= 0.3 is 0 Å². The average molecular weight is 361 g/mol. The molecule has 0 radical (unpaired) electrons. The molecule has 0 saturated heterocycles. The Kier molecular flexibility index (Phi) is 4.67. The van der Waals surface area contributed by atoms with Crippen molar-refractivity contribution in [3.8, 4) is 16.9 Å². The number of pyridine rings is 2. The molecule has 136 valence electrons. The molecule has 0 aliphatic heterocycles. The van der Waals surface area contributed by atoms with Gasteiger partial charge in [0.05, 0.1) is 6.61 Å². The first-order valence-corrected chi connectivity index (χ1v) is 8.61. The van der Waals surface area contributed by atoms with Crippen molar-refractivity contribution in [3.05, 3.63) is 72.9 Å². The standard InChI is InChI=1S/C20H19N5O2/c1-27-13-11-22-20(26)18-8-12-25(23-18)19-5-4-17-3-2-16(14-24(17)19)15-6-9-21-10-7-15/h2-10,12,14H,11,13H2,1H3,(H,22,26). The van der Waals surface area contributed by atoms with E-state index in [1.807, 2.05) is 24.3 Å². The normalized spacial score (nSPS) is 11.0. The highest BCUT2D eigenvalue weighted by Crippen LogP contribution is 2.22. The fraction of sp³-hybridized carbons (Fsp3) is 0.150. The van der Waals surface area contributed by atoms with E-state index in [4.69, 9.17) is 4.74 Å². The number of hydrogen-bond donors (Lipinski definition) is 1. The number of ether oxygens (including phenoxy) is 1. The van der Waals surface area contributed by atoms with Crippen LogP contribution in [0.5, 0.6) is 0 Å². The summed E-state index contributed by atoms with van der Waals surface area (Å²) in [4.78, 5) is 16.2. The predicted octanol–water partition coefficient (Wildman–Crippen LogP) is 2.56. The summed E-state index contributed by atoms with van der Waals surface area (Å²) < 4.78 is 8.69. The fourth-order valence-electron chi connectivity index (χ4n) is 2.92. The Hall–Kier alpha value is -3.45. The van der Waals surface area contributed by atoms with E-state index in [2.05, 4.69) is 38.1 Å². The van der Waals surface area contributed by atoms with Gasteiger partial charge in [-0.25, -0.2) is 4.68 Å². The molecule has 4 rings (SSSR count). The molecule has 0 aromatic carbocycles. The Bertz CT molecular complexity index is 1070. The second kappa shape index (κ2) is 7.43. The number of rotatable bonds is 6. The Labute approximate surface area is 156 Å². The molecule has 7 heteroatoms. The van der Waals surface area contributed by atoms with Crippen LogP contribution in [0.15, 0.2) is 67.3 Å². The molecule has 4 aromatic rings. The van der Waals surface area contributed by atoms with Crippen LogP contribution in [-0.2, 0) is 4.74 Å². The topological polar surface area (TPSA) is 73.5 Å². The van der Waals surface area contributed by atoms with Gasteiger partial charge < -0.3 is 14.5 Å². The predicted molar refractivity (Wildman–Crippen MR) is 102 cm³/mol. The van der Waals surface area contributed by atoms with Gasteiger partial charge in [-0.15, -0.1) is 0 Å². The van der Waals surface area contributed by atoms with Gasteiger partial charge in [0.1, 0.15) is 5.82 Å². The SMILES string of the molecule is COCCNC(=O)c1ccn(-c2ccc3ccc(-c4ccncc4)cn23)n1. The van der Waals surface area contributed by atoms with Crippen molar-refractivity contribution in [2.24, 2.45) is 0 Å². The van der Waals surface area contributed by atoms with E-state index in [9.17, 15) is 4.79 Å². The Balaban J connectivity index is 1.65. The monoisotopic (exact) mass is 361 g/mol. The first kappa shape index (κ1) is 17.0. The summed E-state index contributed by atoms with van der Waals surface area (Å²) in [6.45, 7) is 0.916. The third-order valence-electron chi connectivity index (χ3n) is 4.29. The summed E-state index contributed by atoms with van der Waals surface area (Å²) in [5.74, 6) is 0.640. The van der Waals surface area contributed by atoms with Crippen LogP contribution in [-0.4, -0.2) is 45.3 Å². The van der Waals surface area contributed by atoms with Gasteiger partial charge in [-0.2, -0.15) is 5.10 Å².